The van der Waals surface area contributed by atoms with E-state index in [1.165, 1.54) is 33.2 Å². The summed E-state index contributed by atoms with van der Waals surface area (Å²) in [6, 6.07) is 12.1. The molecule has 29 heavy (non-hydrogen) atoms. The molecule has 1 saturated heterocycles. The predicted octanol–water partition coefficient (Wildman–Crippen LogP) is 5.15. The molecule has 2 N–H and O–H groups in total. The molecule has 2 atom stereocenters. The van der Waals surface area contributed by atoms with Crippen molar-refractivity contribution in [1.82, 2.24) is 9.88 Å². The highest BCUT2D eigenvalue weighted by Gasteiger charge is 2.28. The van der Waals surface area contributed by atoms with Crippen molar-refractivity contribution in [3.63, 3.8) is 0 Å². The van der Waals surface area contributed by atoms with E-state index in [0.29, 0.717) is 17.4 Å². The summed E-state index contributed by atoms with van der Waals surface area (Å²) in [5.41, 5.74) is 7.00. The first-order chi connectivity index (χ1) is 13.9. The summed E-state index contributed by atoms with van der Waals surface area (Å²) in [6.07, 6.45) is 5.36. The first-order valence-electron chi connectivity index (χ1n) is 10.5. The van der Waals surface area contributed by atoms with Crippen molar-refractivity contribution in [3.05, 3.63) is 70.4 Å². The van der Waals surface area contributed by atoms with Crippen molar-refractivity contribution in [1.29, 1.82) is 0 Å². The Hall–Kier alpha value is -2.59. The molecule has 1 fully saturated rings. The van der Waals surface area contributed by atoms with Gasteiger partial charge in [0.15, 0.2) is 0 Å². The van der Waals surface area contributed by atoms with Gasteiger partial charge in [0.2, 0.25) is 0 Å². The van der Waals surface area contributed by atoms with E-state index in [9.17, 15) is 9.90 Å². The smallest absolute Gasteiger partial charge is 0.335 e. The van der Waals surface area contributed by atoms with E-state index in [1.807, 2.05) is 18.3 Å². The van der Waals surface area contributed by atoms with Crippen LogP contribution in [-0.4, -0.2) is 41.1 Å². The second-order valence-electron chi connectivity index (χ2n) is 8.63. The molecule has 1 aliphatic rings. The minimum atomic E-state index is -0.862. The number of H-pyrrole nitrogens is 1. The number of nitrogens with zero attached hydrogens (tertiary/aromatic N) is 1. The zero-order valence-electron chi connectivity index (χ0n) is 17.5. The van der Waals surface area contributed by atoms with Crippen molar-refractivity contribution in [2.45, 2.75) is 39.0 Å². The number of rotatable bonds is 4. The van der Waals surface area contributed by atoms with Gasteiger partial charge in [-0.3, -0.25) is 0 Å². The molecular weight excluding hydrogens is 360 g/mol. The van der Waals surface area contributed by atoms with Crippen LogP contribution in [0.25, 0.3) is 10.9 Å². The Bertz CT molecular complexity index is 1020. The van der Waals surface area contributed by atoms with Gasteiger partial charge in [-0.15, -0.1) is 0 Å². The Morgan fingerprint density at radius 1 is 1.10 bits per heavy atom. The summed E-state index contributed by atoms with van der Waals surface area (Å²) >= 11 is 0. The van der Waals surface area contributed by atoms with Crippen LogP contribution in [0.15, 0.2) is 42.6 Å². The van der Waals surface area contributed by atoms with Crippen LogP contribution < -0.4 is 0 Å². The Balaban J connectivity index is 1.69. The van der Waals surface area contributed by atoms with Gasteiger partial charge >= 0.3 is 5.97 Å². The average molecular weight is 391 g/mol. The Labute approximate surface area is 172 Å². The molecule has 0 bridgehead atoms. The lowest BCUT2D eigenvalue weighted by Crippen LogP contribution is -2.19. The Morgan fingerprint density at radius 3 is 2.55 bits per heavy atom. The number of hydrogen-bond acceptors (Lipinski definition) is 2. The summed E-state index contributed by atoms with van der Waals surface area (Å²) < 4.78 is 0. The molecule has 1 aliphatic heterocycles. The molecule has 0 aliphatic carbocycles. The van der Waals surface area contributed by atoms with Gasteiger partial charge in [0.25, 0.3) is 0 Å². The minimum absolute atomic E-state index is 0.361. The second-order valence-corrected chi connectivity index (χ2v) is 8.63. The first-order valence-corrected chi connectivity index (χ1v) is 10.5. The van der Waals surface area contributed by atoms with E-state index >= 15 is 0 Å². The van der Waals surface area contributed by atoms with Gasteiger partial charge in [-0.25, -0.2) is 4.79 Å². The van der Waals surface area contributed by atoms with Crippen molar-refractivity contribution in [3.8, 4) is 0 Å². The van der Waals surface area contributed by atoms with Crippen molar-refractivity contribution < 1.29 is 9.90 Å². The van der Waals surface area contributed by atoms with E-state index in [2.05, 4.69) is 42.9 Å². The molecular formula is C25H30N2O2. The number of aromatic carboxylic acids is 1. The van der Waals surface area contributed by atoms with Gasteiger partial charge in [0, 0.05) is 17.1 Å². The maximum absolute atomic E-state index is 11.2. The number of aromatic amines is 1. The third-order valence-electron chi connectivity index (χ3n) is 6.70. The van der Waals surface area contributed by atoms with E-state index in [1.54, 1.807) is 12.1 Å². The Kier molecular flexibility index (Phi) is 5.46. The third kappa shape index (κ3) is 3.95. The number of nitrogens with one attached hydrogen (secondary N) is 1. The van der Waals surface area contributed by atoms with E-state index < -0.39 is 5.97 Å². The van der Waals surface area contributed by atoms with Gasteiger partial charge < -0.3 is 15.0 Å². The molecule has 2 aromatic carbocycles. The maximum atomic E-state index is 11.2. The molecule has 4 nitrogen and oxygen atoms in total. The molecule has 0 radical (unpaired) electrons. The van der Waals surface area contributed by atoms with Crippen LogP contribution in [0.4, 0.5) is 0 Å². The highest BCUT2D eigenvalue weighted by Crippen LogP contribution is 2.38. The summed E-state index contributed by atoms with van der Waals surface area (Å²) in [4.78, 5) is 17.1. The largest absolute Gasteiger partial charge is 0.478 e. The van der Waals surface area contributed by atoms with E-state index in [-0.39, 0.29) is 0 Å². The van der Waals surface area contributed by atoms with Crippen LogP contribution in [0.1, 0.15) is 51.4 Å². The topological polar surface area (TPSA) is 56.3 Å². The van der Waals surface area contributed by atoms with Crippen LogP contribution in [0, 0.1) is 19.8 Å². The fraction of sp³-hybridized carbons (Fsp3) is 0.400. The van der Waals surface area contributed by atoms with Gasteiger partial charge in [-0.05, 0) is 106 Å². The number of aryl methyl sites for hydroxylation is 2. The quantitative estimate of drug-likeness (QED) is 0.648. The molecule has 0 saturated carbocycles. The highest BCUT2D eigenvalue weighted by molar-refractivity contribution is 5.88. The summed E-state index contributed by atoms with van der Waals surface area (Å²) in [5.74, 6) is 0.117. The zero-order chi connectivity index (χ0) is 20.5. The first kappa shape index (κ1) is 19.7. The fourth-order valence-corrected chi connectivity index (χ4v) is 5.03. The third-order valence-corrected chi connectivity index (χ3v) is 6.70. The van der Waals surface area contributed by atoms with Gasteiger partial charge in [0.05, 0.1) is 5.56 Å². The van der Waals surface area contributed by atoms with Crippen LogP contribution in [0.2, 0.25) is 0 Å². The van der Waals surface area contributed by atoms with Crippen molar-refractivity contribution in [2.24, 2.45) is 5.92 Å². The van der Waals surface area contributed by atoms with Gasteiger partial charge in [-0.2, -0.15) is 0 Å². The summed E-state index contributed by atoms with van der Waals surface area (Å²) in [7, 11) is 2.20. The number of carboxylic acids is 1. The lowest BCUT2D eigenvalue weighted by atomic mass is 9.77. The molecule has 4 rings (SSSR count). The molecule has 0 amide bonds. The minimum Gasteiger partial charge on any atom is -0.478 e. The van der Waals surface area contributed by atoms with Crippen LogP contribution in [0.5, 0.6) is 0 Å². The average Bonchev–Trinajstić information content (AvgIpc) is 3.12. The molecule has 152 valence electrons. The molecule has 1 aromatic heterocycles. The van der Waals surface area contributed by atoms with Gasteiger partial charge in [-0.1, -0.05) is 18.2 Å². The van der Waals surface area contributed by atoms with Crippen molar-refractivity contribution in [2.75, 3.05) is 20.1 Å². The maximum Gasteiger partial charge on any atom is 0.335 e. The molecule has 0 unspecified atom stereocenters. The van der Waals surface area contributed by atoms with Crippen molar-refractivity contribution >= 4 is 16.9 Å². The summed E-state index contributed by atoms with van der Waals surface area (Å²) in [6.45, 7) is 6.58. The molecule has 4 heteroatoms. The van der Waals surface area contributed by atoms with Crippen LogP contribution in [-0.2, 0) is 6.42 Å². The second kappa shape index (κ2) is 8.03. The fourth-order valence-electron chi connectivity index (χ4n) is 5.03. The lowest BCUT2D eigenvalue weighted by Gasteiger charge is -2.27. The molecule has 3 aromatic rings. The molecule has 2 heterocycles. The van der Waals surface area contributed by atoms with E-state index in [0.717, 1.165) is 32.4 Å². The molecule has 0 spiro atoms. The number of fused-ring (bicyclic) bond motifs is 1. The lowest BCUT2D eigenvalue weighted by molar-refractivity contribution is 0.0697. The Morgan fingerprint density at radius 2 is 1.83 bits per heavy atom. The van der Waals surface area contributed by atoms with Crippen LogP contribution >= 0.6 is 0 Å². The summed E-state index contributed by atoms with van der Waals surface area (Å²) in [5, 5.41) is 10.6. The SMILES string of the molecule is Cc1cc(C)c2[nH]ccc2c1C[C@@H]1CCN(C)CC[C@H]1c1ccc(C(=O)O)cc1. The predicted molar refractivity (Wildman–Crippen MR) is 118 cm³/mol. The number of likely N-dealkylation sites (tertiary alicyclic amines) is 1. The number of benzene rings is 2. The zero-order valence-corrected chi connectivity index (χ0v) is 17.5. The standard InChI is InChI=1S/C25H30N2O2/c1-16-14-17(2)24-22(8-11-26-24)23(16)15-20-9-12-27(3)13-10-21(20)18-4-6-19(7-5-18)25(28)29/h4-8,11,14,20-21,26H,9-10,12-13,15H2,1-3H3,(H,28,29)/t20-,21-/m0/s1. The van der Waals surface area contributed by atoms with Gasteiger partial charge in [0.1, 0.15) is 0 Å². The highest BCUT2D eigenvalue weighted by atomic mass is 16.4. The monoisotopic (exact) mass is 390 g/mol. The number of carboxylic acid groups (broad SMARTS) is 1. The number of hydrogen-bond donors (Lipinski definition) is 2. The number of aromatic nitrogens is 1. The number of carbonyl (C=O) groups is 1. The van der Waals surface area contributed by atoms with Crippen LogP contribution in [0.3, 0.4) is 0 Å². The van der Waals surface area contributed by atoms with E-state index in [4.69, 9.17) is 0 Å². The normalized spacial score (nSPS) is 20.7.